The van der Waals surface area contributed by atoms with Crippen molar-refractivity contribution in [3.63, 3.8) is 0 Å². The maximum Gasteiger partial charge on any atom is 0.0645 e. The third-order valence-electron chi connectivity index (χ3n) is 3.50. The van der Waals surface area contributed by atoms with Crippen molar-refractivity contribution in [2.75, 3.05) is 11.5 Å². The van der Waals surface area contributed by atoms with E-state index in [0.717, 1.165) is 0 Å². The average molecular weight is 287 g/mol. The van der Waals surface area contributed by atoms with E-state index < -0.39 is 0 Å². The summed E-state index contributed by atoms with van der Waals surface area (Å²) in [6.07, 6.45) is 17.1. The molecule has 1 aliphatic heterocycles. The number of rotatable bonds is 9. The van der Waals surface area contributed by atoms with Crippen LogP contribution in [0.3, 0.4) is 0 Å². The molecule has 0 aromatic carbocycles. The van der Waals surface area contributed by atoms with Crippen LogP contribution in [-0.2, 0) is 0 Å². The second kappa shape index (κ2) is 10.3. The molecule has 18 heavy (non-hydrogen) atoms. The highest BCUT2D eigenvalue weighted by Crippen LogP contribution is 2.48. The molecule has 0 saturated carbocycles. The van der Waals surface area contributed by atoms with Crippen molar-refractivity contribution >= 4 is 23.5 Å². The smallest absolute Gasteiger partial charge is 0.0645 e. The van der Waals surface area contributed by atoms with E-state index in [-0.39, 0.29) is 0 Å². The molecule has 0 radical (unpaired) electrons. The molecule has 0 aromatic rings. The summed E-state index contributed by atoms with van der Waals surface area (Å²) in [7, 11) is 0. The molecule has 1 aliphatic rings. The Hall–Kier alpha value is 0.440. The van der Waals surface area contributed by atoms with Gasteiger partial charge in [-0.2, -0.15) is 0 Å². The van der Waals surface area contributed by atoms with Crippen LogP contribution in [0, 0.1) is 0 Å². The summed E-state index contributed by atoms with van der Waals surface area (Å²) in [5.74, 6) is 2.75. The molecule has 0 aliphatic carbocycles. The number of unbranched alkanes of at least 4 members (excludes halogenated alkanes) is 4. The monoisotopic (exact) mass is 286 g/mol. The van der Waals surface area contributed by atoms with Crippen molar-refractivity contribution in [2.24, 2.45) is 0 Å². The Kier molecular flexibility index (Phi) is 9.40. The summed E-state index contributed by atoms with van der Waals surface area (Å²) < 4.78 is 0.523. The van der Waals surface area contributed by atoms with E-state index >= 15 is 0 Å². The quantitative estimate of drug-likeness (QED) is 0.362. The Morgan fingerprint density at radius 3 is 2.33 bits per heavy atom. The van der Waals surface area contributed by atoms with Gasteiger partial charge in [0.25, 0.3) is 0 Å². The van der Waals surface area contributed by atoms with E-state index in [4.69, 9.17) is 0 Å². The van der Waals surface area contributed by atoms with E-state index in [9.17, 15) is 0 Å². The largest absolute Gasteiger partial charge is 0.144 e. The standard InChI is InChI=1S/C16H30S2/c1-3-5-7-8-9-10-13-16(12-6-4-2)17-14-11-15-18-16/h9-10H,3-8,11-15H2,1-2H3/b10-9+. The summed E-state index contributed by atoms with van der Waals surface area (Å²) in [5, 5.41) is 0. The van der Waals surface area contributed by atoms with Gasteiger partial charge >= 0.3 is 0 Å². The highest BCUT2D eigenvalue weighted by molar-refractivity contribution is 8.18. The highest BCUT2D eigenvalue weighted by atomic mass is 32.2. The molecular formula is C16H30S2. The van der Waals surface area contributed by atoms with E-state index in [0.29, 0.717) is 4.08 Å². The minimum Gasteiger partial charge on any atom is -0.144 e. The topological polar surface area (TPSA) is 0 Å². The van der Waals surface area contributed by atoms with E-state index in [1.165, 1.54) is 69.3 Å². The maximum atomic E-state index is 2.47. The first kappa shape index (κ1) is 16.5. The number of thioether (sulfide) groups is 2. The van der Waals surface area contributed by atoms with Gasteiger partial charge in [-0.25, -0.2) is 0 Å². The van der Waals surface area contributed by atoms with Crippen molar-refractivity contribution in [1.82, 2.24) is 0 Å². The number of hydrogen-bond acceptors (Lipinski definition) is 2. The number of hydrogen-bond donors (Lipinski definition) is 0. The van der Waals surface area contributed by atoms with Gasteiger partial charge in [0.05, 0.1) is 4.08 Å². The lowest BCUT2D eigenvalue weighted by atomic mass is 10.1. The Bertz CT molecular complexity index is 217. The molecule has 1 rings (SSSR count). The zero-order chi connectivity index (χ0) is 13.1. The van der Waals surface area contributed by atoms with Gasteiger partial charge in [0.15, 0.2) is 0 Å². The summed E-state index contributed by atoms with van der Waals surface area (Å²) in [6, 6.07) is 0. The molecule has 2 heteroatoms. The minimum atomic E-state index is 0.523. The molecule has 0 nitrogen and oxygen atoms in total. The van der Waals surface area contributed by atoms with Crippen LogP contribution in [0.4, 0.5) is 0 Å². The lowest BCUT2D eigenvalue weighted by Gasteiger charge is -2.35. The van der Waals surface area contributed by atoms with Crippen LogP contribution in [-0.4, -0.2) is 15.6 Å². The third kappa shape index (κ3) is 6.56. The molecule has 0 amide bonds. The van der Waals surface area contributed by atoms with Crippen molar-refractivity contribution < 1.29 is 0 Å². The first-order valence-electron chi connectivity index (χ1n) is 7.76. The molecule has 0 aromatic heterocycles. The predicted molar refractivity (Wildman–Crippen MR) is 89.7 cm³/mol. The zero-order valence-corrected chi connectivity index (χ0v) is 13.9. The van der Waals surface area contributed by atoms with Gasteiger partial charge in [0, 0.05) is 0 Å². The fraction of sp³-hybridized carbons (Fsp3) is 0.875. The first-order chi connectivity index (χ1) is 8.83. The first-order valence-corrected chi connectivity index (χ1v) is 9.73. The normalized spacial score (nSPS) is 19.4. The molecule has 0 atom stereocenters. The Labute approximate surface area is 123 Å². The Morgan fingerprint density at radius 2 is 1.67 bits per heavy atom. The van der Waals surface area contributed by atoms with Crippen LogP contribution >= 0.6 is 23.5 Å². The molecule has 0 bridgehead atoms. The SMILES string of the molecule is CCCCC/C=C/CC1(CCCC)SCCCS1. The van der Waals surface area contributed by atoms with Crippen molar-refractivity contribution in [2.45, 2.75) is 75.7 Å². The molecule has 106 valence electrons. The summed E-state index contributed by atoms with van der Waals surface area (Å²) >= 11 is 4.46. The van der Waals surface area contributed by atoms with Crippen LogP contribution in [0.25, 0.3) is 0 Å². The molecule has 0 spiro atoms. The lowest BCUT2D eigenvalue weighted by molar-refractivity contribution is 0.650. The minimum absolute atomic E-state index is 0.523. The van der Waals surface area contributed by atoms with Gasteiger partial charge in [-0.3, -0.25) is 0 Å². The molecule has 0 N–H and O–H groups in total. The van der Waals surface area contributed by atoms with E-state index in [1.807, 2.05) is 0 Å². The average Bonchev–Trinajstić information content (AvgIpc) is 2.42. The Balaban J connectivity index is 2.31. The third-order valence-corrected chi connectivity index (χ3v) is 6.99. The highest BCUT2D eigenvalue weighted by Gasteiger charge is 2.31. The summed E-state index contributed by atoms with van der Waals surface area (Å²) in [5.41, 5.74) is 0. The van der Waals surface area contributed by atoms with Crippen molar-refractivity contribution in [3.8, 4) is 0 Å². The van der Waals surface area contributed by atoms with E-state index in [2.05, 4.69) is 49.5 Å². The van der Waals surface area contributed by atoms with Crippen LogP contribution in [0.2, 0.25) is 0 Å². The molecule has 1 saturated heterocycles. The van der Waals surface area contributed by atoms with Gasteiger partial charge < -0.3 is 0 Å². The predicted octanol–water partition coefficient (Wildman–Crippen LogP) is 6.27. The summed E-state index contributed by atoms with van der Waals surface area (Å²) in [6.45, 7) is 4.59. The Morgan fingerprint density at radius 1 is 0.944 bits per heavy atom. The zero-order valence-electron chi connectivity index (χ0n) is 12.2. The van der Waals surface area contributed by atoms with Crippen LogP contribution in [0.5, 0.6) is 0 Å². The van der Waals surface area contributed by atoms with Gasteiger partial charge in [0.1, 0.15) is 0 Å². The second-order valence-electron chi connectivity index (χ2n) is 5.24. The van der Waals surface area contributed by atoms with Crippen LogP contribution in [0.15, 0.2) is 12.2 Å². The molecule has 1 fully saturated rings. The fourth-order valence-electron chi connectivity index (χ4n) is 2.32. The van der Waals surface area contributed by atoms with Gasteiger partial charge in [-0.1, -0.05) is 51.7 Å². The second-order valence-corrected chi connectivity index (χ2v) is 8.45. The molecule has 1 heterocycles. The lowest BCUT2D eigenvalue weighted by Crippen LogP contribution is -2.24. The van der Waals surface area contributed by atoms with E-state index in [1.54, 1.807) is 0 Å². The van der Waals surface area contributed by atoms with Crippen LogP contribution < -0.4 is 0 Å². The van der Waals surface area contributed by atoms with Gasteiger partial charge in [-0.05, 0) is 43.6 Å². The van der Waals surface area contributed by atoms with Crippen molar-refractivity contribution in [1.29, 1.82) is 0 Å². The number of allylic oxidation sites excluding steroid dienone is 2. The van der Waals surface area contributed by atoms with Crippen molar-refractivity contribution in [3.05, 3.63) is 12.2 Å². The summed E-state index contributed by atoms with van der Waals surface area (Å²) in [4.78, 5) is 0. The maximum absolute atomic E-state index is 2.47. The van der Waals surface area contributed by atoms with Crippen LogP contribution in [0.1, 0.15) is 71.6 Å². The molecular weight excluding hydrogens is 256 g/mol. The fourth-order valence-corrected chi connectivity index (χ4v) is 5.66. The van der Waals surface area contributed by atoms with Gasteiger partial charge in [-0.15, -0.1) is 23.5 Å². The van der Waals surface area contributed by atoms with Gasteiger partial charge in [0.2, 0.25) is 0 Å². The molecule has 0 unspecified atom stereocenters.